The van der Waals surface area contributed by atoms with Crippen LogP contribution in [0.25, 0.3) is 0 Å². The number of hydrogen-bond acceptors (Lipinski definition) is 2. The zero-order chi connectivity index (χ0) is 13.9. The number of aryl methyl sites for hydroxylation is 1. The minimum absolute atomic E-state index is 0.327. The van der Waals surface area contributed by atoms with Crippen molar-refractivity contribution in [2.75, 3.05) is 13.1 Å². The van der Waals surface area contributed by atoms with Crippen molar-refractivity contribution in [3.63, 3.8) is 0 Å². The van der Waals surface area contributed by atoms with Crippen molar-refractivity contribution in [2.24, 2.45) is 11.8 Å². The van der Waals surface area contributed by atoms with Gasteiger partial charge in [-0.1, -0.05) is 37.5 Å². The molecule has 1 aliphatic carbocycles. The minimum Gasteiger partial charge on any atom is -0.488 e. The molecule has 0 bridgehead atoms. The van der Waals surface area contributed by atoms with E-state index in [9.17, 15) is 0 Å². The average molecular weight is 273 g/mol. The van der Waals surface area contributed by atoms with E-state index in [1.807, 2.05) is 0 Å². The molecule has 0 amide bonds. The third-order valence-electron chi connectivity index (χ3n) is 4.81. The summed E-state index contributed by atoms with van der Waals surface area (Å²) in [6.45, 7) is 6.69. The van der Waals surface area contributed by atoms with Crippen LogP contribution in [-0.2, 0) is 6.42 Å². The molecular weight excluding hydrogens is 246 g/mol. The fourth-order valence-corrected chi connectivity index (χ4v) is 3.76. The smallest absolute Gasteiger partial charge is 0.123 e. The van der Waals surface area contributed by atoms with Gasteiger partial charge in [0.05, 0.1) is 0 Å². The van der Waals surface area contributed by atoms with E-state index in [1.165, 1.54) is 43.4 Å². The first-order valence-electron chi connectivity index (χ1n) is 8.17. The third kappa shape index (κ3) is 3.35. The van der Waals surface area contributed by atoms with Gasteiger partial charge >= 0.3 is 0 Å². The maximum absolute atomic E-state index is 6.01. The Kier molecular flexibility index (Phi) is 4.30. The van der Waals surface area contributed by atoms with Gasteiger partial charge in [0.1, 0.15) is 11.9 Å². The van der Waals surface area contributed by atoms with E-state index in [0.717, 1.165) is 30.6 Å². The van der Waals surface area contributed by atoms with Crippen LogP contribution in [0.1, 0.15) is 43.7 Å². The predicted molar refractivity (Wildman–Crippen MR) is 83.3 cm³/mol. The largest absolute Gasteiger partial charge is 0.488 e. The van der Waals surface area contributed by atoms with E-state index in [1.54, 1.807) is 0 Å². The topological polar surface area (TPSA) is 21.3 Å². The molecule has 1 N–H and O–H groups in total. The fourth-order valence-electron chi connectivity index (χ4n) is 3.76. The number of rotatable bonds is 4. The Hall–Kier alpha value is -1.02. The normalized spacial score (nSPS) is 29.0. The predicted octanol–water partition coefficient (Wildman–Crippen LogP) is 3.71. The molecule has 1 aliphatic heterocycles. The molecule has 0 saturated heterocycles. The molecular formula is C18H27NO. The van der Waals surface area contributed by atoms with Gasteiger partial charge in [-0.05, 0) is 49.8 Å². The summed E-state index contributed by atoms with van der Waals surface area (Å²) in [5, 5.41) is 3.64. The summed E-state index contributed by atoms with van der Waals surface area (Å²) in [6, 6.07) is 6.52. The molecule has 1 aromatic rings. The molecule has 20 heavy (non-hydrogen) atoms. The van der Waals surface area contributed by atoms with E-state index < -0.39 is 0 Å². The fraction of sp³-hybridized carbons (Fsp3) is 0.667. The molecule has 0 aromatic heterocycles. The molecule has 2 aliphatic rings. The number of benzene rings is 1. The van der Waals surface area contributed by atoms with Gasteiger partial charge in [0.15, 0.2) is 0 Å². The summed E-state index contributed by atoms with van der Waals surface area (Å²) in [5.74, 6) is 2.89. The van der Waals surface area contributed by atoms with E-state index in [-0.39, 0.29) is 0 Å². The summed E-state index contributed by atoms with van der Waals surface area (Å²) >= 11 is 0. The molecule has 0 radical (unpaired) electrons. The van der Waals surface area contributed by atoms with Crippen molar-refractivity contribution in [2.45, 2.75) is 52.1 Å². The van der Waals surface area contributed by atoms with E-state index in [4.69, 9.17) is 4.74 Å². The monoisotopic (exact) mass is 273 g/mol. The van der Waals surface area contributed by atoms with Gasteiger partial charge in [-0.15, -0.1) is 0 Å². The summed E-state index contributed by atoms with van der Waals surface area (Å²) in [4.78, 5) is 0. The maximum atomic E-state index is 6.01. The van der Waals surface area contributed by atoms with Crippen LogP contribution in [-0.4, -0.2) is 19.2 Å². The molecule has 3 atom stereocenters. The summed E-state index contributed by atoms with van der Waals surface area (Å²) in [6.07, 6.45) is 7.04. The average Bonchev–Trinajstić information content (AvgIpc) is 2.80. The molecule has 3 rings (SSSR count). The number of nitrogens with one attached hydrogen (secondary N) is 1. The number of ether oxygens (including phenoxy) is 1. The van der Waals surface area contributed by atoms with Gasteiger partial charge < -0.3 is 10.1 Å². The number of hydrogen-bond donors (Lipinski definition) is 1. The first-order chi connectivity index (χ1) is 9.70. The Bertz CT molecular complexity index is 457. The molecule has 1 aromatic carbocycles. The Labute approximate surface area is 122 Å². The van der Waals surface area contributed by atoms with Crippen molar-refractivity contribution in [3.8, 4) is 5.75 Å². The second kappa shape index (κ2) is 6.17. The van der Waals surface area contributed by atoms with Gasteiger partial charge in [-0.25, -0.2) is 0 Å². The van der Waals surface area contributed by atoms with Crippen LogP contribution in [0.15, 0.2) is 18.2 Å². The van der Waals surface area contributed by atoms with E-state index >= 15 is 0 Å². The first kappa shape index (κ1) is 13.9. The Morgan fingerprint density at radius 1 is 1.25 bits per heavy atom. The van der Waals surface area contributed by atoms with Crippen molar-refractivity contribution >= 4 is 0 Å². The van der Waals surface area contributed by atoms with Crippen LogP contribution in [0, 0.1) is 18.8 Å². The van der Waals surface area contributed by atoms with Crippen LogP contribution >= 0.6 is 0 Å². The highest BCUT2D eigenvalue weighted by Crippen LogP contribution is 2.30. The minimum atomic E-state index is 0.327. The standard InChI is InChI=1S/C18H27NO/c1-13-4-3-5-15(8-13)11-19-12-17-10-16-9-14(2)6-7-18(16)20-17/h6-7,9,13,15,17,19H,3-5,8,10-12H2,1-2H3. The lowest BCUT2D eigenvalue weighted by molar-refractivity contribution is 0.215. The van der Waals surface area contributed by atoms with Gasteiger partial charge in [0, 0.05) is 13.0 Å². The lowest BCUT2D eigenvalue weighted by atomic mass is 9.82. The SMILES string of the molecule is Cc1ccc2c(c1)CC(CNCC1CCCC(C)C1)O2. The second-order valence-electron chi connectivity index (χ2n) is 6.85. The quantitative estimate of drug-likeness (QED) is 0.903. The van der Waals surface area contributed by atoms with Crippen LogP contribution in [0.3, 0.4) is 0 Å². The highest BCUT2D eigenvalue weighted by atomic mass is 16.5. The van der Waals surface area contributed by atoms with Crippen molar-refractivity contribution < 1.29 is 4.74 Å². The molecule has 110 valence electrons. The van der Waals surface area contributed by atoms with Gasteiger partial charge in [0.2, 0.25) is 0 Å². The van der Waals surface area contributed by atoms with Gasteiger partial charge in [0.25, 0.3) is 0 Å². The maximum Gasteiger partial charge on any atom is 0.123 e. The highest BCUT2D eigenvalue weighted by molar-refractivity contribution is 5.40. The summed E-state index contributed by atoms with van der Waals surface area (Å²) in [7, 11) is 0. The Morgan fingerprint density at radius 3 is 3.00 bits per heavy atom. The lowest BCUT2D eigenvalue weighted by Crippen LogP contribution is -2.34. The lowest BCUT2D eigenvalue weighted by Gasteiger charge is -2.27. The summed E-state index contributed by atoms with van der Waals surface area (Å²) < 4.78 is 6.01. The molecule has 1 heterocycles. The number of fused-ring (bicyclic) bond motifs is 1. The zero-order valence-corrected chi connectivity index (χ0v) is 12.8. The van der Waals surface area contributed by atoms with Crippen LogP contribution in [0.2, 0.25) is 0 Å². The van der Waals surface area contributed by atoms with Crippen molar-refractivity contribution in [1.82, 2.24) is 5.32 Å². The molecule has 2 heteroatoms. The zero-order valence-electron chi connectivity index (χ0n) is 12.8. The third-order valence-corrected chi connectivity index (χ3v) is 4.81. The van der Waals surface area contributed by atoms with Crippen LogP contribution in [0.5, 0.6) is 5.75 Å². The highest BCUT2D eigenvalue weighted by Gasteiger charge is 2.23. The molecule has 3 unspecified atom stereocenters. The molecule has 1 fully saturated rings. The Balaban J connectivity index is 1.42. The Morgan fingerprint density at radius 2 is 2.15 bits per heavy atom. The van der Waals surface area contributed by atoms with Crippen molar-refractivity contribution in [1.29, 1.82) is 0 Å². The summed E-state index contributed by atoms with van der Waals surface area (Å²) in [5.41, 5.74) is 2.71. The van der Waals surface area contributed by atoms with E-state index in [0.29, 0.717) is 6.10 Å². The van der Waals surface area contributed by atoms with E-state index in [2.05, 4.69) is 37.4 Å². The van der Waals surface area contributed by atoms with Crippen molar-refractivity contribution in [3.05, 3.63) is 29.3 Å². The van der Waals surface area contributed by atoms with Gasteiger partial charge in [-0.2, -0.15) is 0 Å². The second-order valence-corrected chi connectivity index (χ2v) is 6.85. The van der Waals surface area contributed by atoms with Gasteiger partial charge in [-0.3, -0.25) is 0 Å². The van der Waals surface area contributed by atoms with Crippen LogP contribution in [0.4, 0.5) is 0 Å². The first-order valence-corrected chi connectivity index (χ1v) is 8.17. The van der Waals surface area contributed by atoms with Crippen LogP contribution < -0.4 is 10.1 Å². The molecule has 0 spiro atoms. The molecule has 1 saturated carbocycles. The molecule has 2 nitrogen and oxygen atoms in total.